The zero-order valence-electron chi connectivity index (χ0n) is 3.87. The number of nitrogen functional groups attached to an aromatic ring is 1. The summed E-state index contributed by atoms with van der Waals surface area (Å²) in [5.74, 6) is 8.30. The van der Waals surface area contributed by atoms with Gasteiger partial charge in [0.1, 0.15) is 11.7 Å². The average Bonchev–Trinajstić information content (AvgIpc) is 2.14. The van der Waals surface area contributed by atoms with E-state index in [0.29, 0.717) is 5.82 Å². The van der Waals surface area contributed by atoms with Crippen LogP contribution in [0.25, 0.3) is 0 Å². The van der Waals surface area contributed by atoms with Crippen molar-refractivity contribution in [2.75, 3.05) is 5.73 Å². The Labute approximate surface area is 50.0 Å². The lowest BCUT2D eigenvalue weighted by molar-refractivity contribution is 0.307. The Balaban J connectivity index is 2.84. The summed E-state index contributed by atoms with van der Waals surface area (Å²) in [7, 11) is 0. The molecule has 1 aromatic rings. The molecule has 0 aliphatic heterocycles. The summed E-state index contributed by atoms with van der Waals surface area (Å²) in [5, 5.41) is 1.74. The first-order valence-electron chi connectivity index (χ1n) is 1.85. The maximum Gasteiger partial charge on any atom is 0.300 e. The van der Waals surface area contributed by atoms with Gasteiger partial charge in [0.25, 0.3) is 0 Å². The second kappa shape index (κ2) is 1.97. The van der Waals surface area contributed by atoms with E-state index in [1.54, 1.807) is 5.38 Å². The van der Waals surface area contributed by atoms with Gasteiger partial charge in [0.05, 0.1) is 0 Å². The number of hydrogen-bond donors (Lipinski definition) is 1. The lowest BCUT2D eigenvalue weighted by Gasteiger charge is -1.79. The summed E-state index contributed by atoms with van der Waals surface area (Å²) in [5.41, 5.74) is 5.16. The Morgan fingerprint density at radius 2 is 2.62 bits per heavy atom. The van der Waals surface area contributed by atoms with Crippen LogP contribution in [0.15, 0.2) is 5.38 Å². The van der Waals surface area contributed by atoms with E-state index in [2.05, 4.69) is 9.82 Å². The van der Waals surface area contributed by atoms with Gasteiger partial charge in [0, 0.05) is 5.38 Å². The Bertz CT molecular complexity index is 175. The van der Waals surface area contributed by atoms with E-state index < -0.39 is 0 Å². The topological polar surface area (TPSA) is 70.4 Å². The third kappa shape index (κ3) is 0.877. The molecule has 4 nitrogen and oxygen atoms in total. The van der Waals surface area contributed by atoms with Crippen molar-refractivity contribution in [3.05, 3.63) is 5.38 Å². The molecule has 0 saturated carbocycles. The van der Waals surface area contributed by atoms with E-state index in [9.17, 15) is 0 Å². The molecular formula is C3H3N3OS. The van der Waals surface area contributed by atoms with Gasteiger partial charge >= 0.3 is 5.19 Å². The summed E-state index contributed by atoms with van der Waals surface area (Å²) < 4.78 is 0. The largest absolute Gasteiger partial charge is 0.383 e. The fraction of sp³-hybridized carbons (Fsp3) is 0. The van der Waals surface area contributed by atoms with E-state index in [-0.39, 0.29) is 5.19 Å². The van der Waals surface area contributed by atoms with Gasteiger partial charge in [-0.3, -0.25) is 0 Å². The fourth-order valence-electron chi connectivity index (χ4n) is 0.311. The number of aromatic nitrogens is 1. The second-order valence-corrected chi connectivity index (χ2v) is 1.95. The molecule has 0 fully saturated rings. The molecule has 2 radical (unpaired) electrons. The van der Waals surface area contributed by atoms with Crippen molar-refractivity contribution in [1.29, 1.82) is 0 Å². The lowest BCUT2D eigenvalue weighted by Crippen LogP contribution is -1.87. The van der Waals surface area contributed by atoms with Gasteiger partial charge in [-0.05, 0) is 0 Å². The van der Waals surface area contributed by atoms with Crippen LogP contribution in [0.3, 0.4) is 0 Å². The minimum Gasteiger partial charge on any atom is -0.383 e. The molecular weight excluding hydrogens is 126 g/mol. The Morgan fingerprint density at radius 1 is 1.88 bits per heavy atom. The zero-order chi connectivity index (χ0) is 5.98. The van der Waals surface area contributed by atoms with E-state index in [1.165, 1.54) is 0 Å². The van der Waals surface area contributed by atoms with E-state index in [4.69, 9.17) is 11.6 Å². The van der Waals surface area contributed by atoms with Gasteiger partial charge in [-0.1, -0.05) is 11.3 Å². The molecule has 0 aromatic carbocycles. The van der Waals surface area contributed by atoms with E-state index >= 15 is 0 Å². The van der Waals surface area contributed by atoms with Crippen LogP contribution in [0.5, 0.6) is 5.19 Å². The zero-order valence-corrected chi connectivity index (χ0v) is 4.68. The maximum absolute atomic E-state index is 7.94. The Hall–Kier alpha value is -0.810. The molecule has 0 bridgehead atoms. The molecule has 0 atom stereocenters. The highest BCUT2D eigenvalue weighted by molar-refractivity contribution is 7.11. The quantitative estimate of drug-likeness (QED) is 0.546. The molecule has 8 heavy (non-hydrogen) atoms. The maximum atomic E-state index is 7.94. The van der Waals surface area contributed by atoms with Crippen LogP contribution in [0.1, 0.15) is 0 Å². The van der Waals surface area contributed by atoms with Crippen LogP contribution in [0.4, 0.5) is 5.82 Å². The molecule has 1 heterocycles. The molecule has 0 aliphatic carbocycles. The molecule has 0 saturated heterocycles. The second-order valence-electron chi connectivity index (χ2n) is 1.13. The van der Waals surface area contributed by atoms with Crippen molar-refractivity contribution in [1.82, 2.24) is 10.9 Å². The van der Waals surface area contributed by atoms with Crippen molar-refractivity contribution in [2.45, 2.75) is 0 Å². The van der Waals surface area contributed by atoms with Gasteiger partial charge in [-0.15, -0.1) is 0 Å². The number of nitrogens with two attached hydrogens (primary N) is 1. The molecule has 0 unspecified atom stereocenters. The summed E-state index contributed by atoms with van der Waals surface area (Å²) in [6.45, 7) is 0. The predicted octanol–water partition coefficient (Wildman–Crippen LogP) is 0.0878. The highest BCUT2D eigenvalue weighted by Crippen LogP contribution is 2.17. The molecule has 42 valence electrons. The minimum absolute atomic E-state index is 0.169. The normalized spacial score (nSPS) is 9.12. The van der Waals surface area contributed by atoms with Crippen LogP contribution >= 0.6 is 11.3 Å². The van der Waals surface area contributed by atoms with Crippen molar-refractivity contribution in [2.24, 2.45) is 0 Å². The first kappa shape index (κ1) is 5.33. The first-order chi connectivity index (χ1) is 3.83. The fourth-order valence-corrected chi connectivity index (χ4v) is 0.786. The predicted molar refractivity (Wildman–Crippen MR) is 29.3 cm³/mol. The number of hydrogen-bond acceptors (Lipinski definition) is 4. The van der Waals surface area contributed by atoms with Crippen molar-refractivity contribution in [3.63, 3.8) is 0 Å². The van der Waals surface area contributed by atoms with Gasteiger partial charge < -0.3 is 10.6 Å². The third-order valence-corrected chi connectivity index (χ3v) is 1.31. The van der Waals surface area contributed by atoms with Crippen molar-refractivity contribution in [3.8, 4) is 5.19 Å². The SMILES string of the molecule is [N]Oc1nc(N)cs1. The van der Waals surface area contributed by atoms with Gasteiger partial charge in [-0.2, -0.15) is 4.98 Å². The number of nitrogens with zero attached hydrogens (tertiary/aromatic N) is 2. The Morgan fingerprint density at radius 3 is 2.88 bits per heavy atom. The minimum atomic E-state index is 0.169. The van der Waals surface area contributed by atoms with E-state index in [1.807, 2.05) is 0 Å². The molecule has 1 aromatic heterocycles. The standard InChI is InChI=1S/C3H3N3OS/c4-2-1-8-3(6-2)7-5/h1H,4H2. The number of rotatable bonds is 1. The van der Waals surface area contributed by atoms with Crippen LogP contribution in [0.2, 0.25) is 0 Å². The van der Waals surface area contributed by atoms with Crippen molar-refractivity contribution >= 4 is 17.2 Å². The third-order valence-electron chi connectivity index (χ3n) is 0.579. The smallest absolute Gasteiger partial charge is 0.300 e. The van der Waals surface area contributed by atoms with Crippen LogP contribution in [-0.4, -0.2) is 4.98 Å². The average molecular weight is 129 g/mol. The molecule has 5 heteroatoms. The summed E-state index contributed by atoms with van der Waals surface area (Å²) in [6.07, 6.45) is 0. The van der Waals surface area contributed by atoms with E-state index in [0.717, 1.165) is 11.3 Å². The monoisotopic (exact) mass is 129 g/mol. The summed E-state index contributed by atoms with van der Waals surface area (Å²) in [4.78, 5) is 7.32. The molecule has 0 amide bonds. The number of thiazole rings is 1. The summed E-state index contributed by atoms with van der Waals surface area (Å²) in [6, 6.07) is 0. The molecule has 0 spiro atoms. The Kier molecular flexibility index (Phi) is 1.32. The molecule has 0 aliphatic rings. The van der Waals surface area contributed by atoms with Crippen LogP contribution in [-0.2, 0) is 0 Å². The highest BCUT2D eigenvalue weighted by atomic mass is 32.1. The molecule has 1 rings (SSSR count). The van der Waals surface area contributed by atoms with Gasteiger partial charge in [-0.25, -0.2) is 0 Å². The molecule has 2 N–H and O–H groups in total. The van der Waals surface area contributed by atoms with Crippen molar-refractivity contribution < 1.29 is 4.84 Å². The van der Waals surface area contributed by atoms with Gasteiger partial charge in [0.15, 0.2) is 0 Å². The first-order valence-corrected chi connectivity index (χ1v) is 2.73. The lowest BCUT2D eigenvalue weighted by atomic mass is 10.8. The summed E-state index contributed by atoms with van der Waals surface area (Å²) >= 11 is 1.14. The van der Waals surface area contributed by atoms with Crippen LogP contribution in [0, 0.1) is 0 Å². The number of anilines is 1. The highest BCUT2D eigenvalue weighted by Gasteiger charge is 1.95. The van der Waals surface area contributed by atoms with Crippen LogP contribution < -0.4 is 16.5 Å². The van der Waals surface area contributed by atoms with Gasteiger partial charge in [0.2, 0.25) is 0 Å².